The van der Waals surface area contributed by atoms with Gasteiger partial charge in [-0.25, -0.2) is 9.97 Å². The molecule has 0 spiro atoms. The van der Waals surface area contributed by atoms with E-state index in [2.05, 4.69) is 307 Å². The predicted molar refractivity (Wildman–Crippen MR) is 486 cm³/mol. The maximum absolute atomic E-state index is 15.2. The molecule has 2 aliphatic carbocycles. The van der Waals surface area contributed by atoms with Gasteiger partial charge in [0.2, 0.25) is 0 Å². The molecule has 0 N–H and O–H groups in total. The first-order valence-electron chi connectivity index (χ1n) is 39.3. The molecule has 1 aliphatic heterocycles. The largest absolute Gasteiger partial charge is 0.494 e. The third-order valence-electron chi connectivity index (χ3n) is 24.0. The van der Waals surface area contributed by atoms with Crippen molar-refractivity contribution in [3.05, 3.63) is 457 Å². The van der Waals surface area contributed by atoms with Crippen molar-refractivity contribution in [3.8, 4) is 44.8 Å². The molecule has 0 saturated carbocycles. The molecule has 1 radical (unpaired) electrons. The van der Waals surface area contributed by atoms with Crippen LogP contribution in [0.5, 0.6) is 0 Å². The normalized spacial score (nSPS) is 14.1. The summed E-state index contributed by atoms with van der Waals surface area (Å²) in [5.41, 5.74) is 20.3. The average molecular weight is 1620 g/mol. The van der Waals surface area contributed by atoms with Gasteiger partial charge in [-0.2, -0.15) is 0 Å². The van der Waals surface area contributed by atoms with E-state index in [1.165, 1.54) is 72.1 Å². The Hall–Kier alpha value is -11.7. The summed E-state index contributed by atoms with van der Waals surface area (Å²) in [4.78, 5) is 10.7. The van der Waals surface area contributed by atoms with Crippen LogP contribution in [0, 0.1) is 0 Å². The van der Waals surface area contributed by atoms with Gasteiger partial charge in [-0.15, -0.1) is 0 Å². The minimum Gasteiger partial charge on any atom is -0.399 e. The van der Waals surface area contributed by atoms with Gasteiger partial charge in [0.05, 0.1) is 44.5 Å². The van der Waals surface area contributed by atoms with Gasteiger partial charge >= 0.3 is 14.9 Å². The van der Waals surface area contributed by atoms with Crippen molar-refractivity contribution in [1.29, 1.82) is 0 Å². The second-order valence-corrected chi connectivity index (χ2v) is 35.3. The number of hydrogen-bond donors (Lipinski definition) is 0. The summed E-state index contributed by atoms with van der Waals surface area (Å²) >= 11 is 0. The summed E-state index contributed by atoms with van der Waals surface area (Å²) in [5, 5.41) is 11.1. The molecule has 16 aromatic carbocycles. The molecule has 0 atom stereocenters. The topological polar surface area (TPSA) is 78.4 Å². The zero-order valence-corrected chi connectivity index (χ0v) is 69.5. The van der Waals surface area contributed by atoms with Crippen LogP contribution < -0.4 is 32.0 Å². The van der Waals surface area contributed by atoms with Crippen LogP contribution in [0.25, 0.3) is 88.1 Å². The van der Waals surface area contributed by atoms with Gasteiger partial charge in [-0.3, -0.25) is 0 Å². The maximum atomic E-state index is 15.2. The van der Waals surface area contributed by atoms with Crippen LogP contribution in [-0.2, 0) is 62.0 Å². The van der Waals surface area contributed by atoms with Crippen LogP contribution in [0.2, 0.25) is 0 Å². The van der Waals surface area contributed by atoms with E-state index in [4.69, 9.17) is 19.3 Å². The van der Waals surface area contributed by atoms with Crippen LogP contribution in [0.3, 0.4) is 0 Å². The van der Waals surface area contributed by atoms with Crippen LogP contribution >= 0.6 is 14.9 Å². The third-order valence-corrected chi connectivity index (χ3v) is 28.6. The van der Waals surface area contributed by atoms with Crippen LogP contribution in [-0.4, -0.2) is 28.3 Å². The number of aromatic nitrogens is 2. The smallest absolute Gasteiger partial charge is 0.399 e. The minimum absolute atomic E-state index is 0. The number of nitrogens with zero attached hydrogens (tertiary/aromatic N) is 2. The predicted octanol–water partition coefficient (Wildman–Crippen LogP) is 23.9. The minimum atomic E-state index is -3.12. The Morgan fingerprint density at radius 1 is 0.299 bits per heavy atom. The van der Waals surface area contributed by atoms with Crippen LogP contribution in [0.1, 0.15) is 79.6 Å². The standard InChI is InChI=1S/C50H34NOP.C44H36BNO2.C12H10OP.CH4.Y/c52-53(38-21-9-3-10-22-38,39-23-11-4-12-24-39)40-31-29-35(30-32-40)49-45-33-44-41-25-13-15-27-46(41)50(36-17-5-1-6-18-36,37-19-7-2-8-20-37)47(44)34-43(45)42-26-14-16-28-48(42)51-49;1-42(2)43(3,4)48-45(47-42)32-25-23-29(24-26-32)41-37-27-36-33-19-11-13-21-38(33)44(30-15-7-5-8-16-30,31-17-9-6-10-18-31)39(36)28-35(37)34-20-12-14-22-40(34)46-41;13-14(11-7-3-1-4-8-11)12-9-5-2-6-10-12;;/h1-34H;5-28H,1-4H3;1-10H;1H4;/q;;+1;;. The summed E-state index contributed by atoms with van der Waals surface area (Å²) in [5.74, 6) is 0. The fourth-order valence-electron chi connectivity index (χ4n) is 17.8. The first-order valence-corrected chi connectivity index (χ1v) is 42.3. The number of fused-ring (bicyclic) bond motifs is 12. The average Bonchev–Trinajstić information content (AvgIpc) is 1.56. The van der Waals surface area contributed by atoms with Gasteiger partial charge in [0.15, 0.2) is 17.8 Å². The number of para-hydroxylation sites is 2. The first kappa shape index (κ1) is 77.8. The number of hydrogen-bond acceptors (Lipinski definition) is 6. The van der Waals surface area contributed by atoms with E-state index in [-0.39, 0.29) is 40.1 Å². The molecule has 6 nitrogen and oxygen atoms in total. The molecule has 0 unspecified atom stereocenters. The first-order chi connectivity index (χ1) is 56.3. The fraction of sp³-hybridized carbons (Fsp3) is 0.0841. The second-order valence-electron chi connectivity index (χ2n) is 30.9. The monoisotopic (exact) mass is 1620 g/mol. The van der Waals surface area contributed by atoms with Gasteiger partial charge in [-0.1, -0.05) is 364 Å². The maximum Gasteiger partial charge on any atom is 0.494 e. The van der Waals surface area contributed by atoms with E-state index in [1.54, 1.807) is 0 Å². The van der Waals surface area contributed by atoms with Gasteiger partial charge in [-0.05, 0) is 171 Å². The van der Waals surface area contributed by atoms with Gasteiger partial charge < -0.3 is 13.9 Å². The SMILES string of the molecule is C.CC1(C)OB(c2ccc(-c3nc4ccccc4c4cc5c(cc34)-c3ccccc3C5(c3ccccc3)c3ccccc3)cc2)OC1(C)C.O=P(c1ccccc1)(c1ccccc1)c1ccc(-c2nc3ccccc3c3cc4c(cc23)-c2ccccc2C4(c2ccccc2)c2ccccc2)cc1.O=[P+](c1ccccc1)c1ccccc1.[Y]. The van der Waals surface area contributed by atoms with Crippen molar-refractivity contribution in [2.24, 2.45) is 0 Å². The quantitative estimate of drug-likeness (QED) is 0.0689. The molecule has 2 aromatic heterocycles. The Kier molecular flexibility index (Phi) is 21.3. The Morgan fingerprint density at radius 2 is 0.598 bits per heavy atom. The molecule has 3 aliphatic rings. The molecule has 10 heteroatoms. The molecule has 21 rings (SSSR count). The molecule has 1 saturated heterocycles. The van der Waals surface area contributed by atoms with E-state index in [0.29, 0.717) is 0 Å². The molecule has 0 amide bonds. The van der Waals surface area contributed by atoms with Gasteiger partial charge in [0.25, 0.3) is 0 Å². The van der Waals surface area contributed by atoms with Crippen LogP contribution in [0.15, 0.2) is 413 Å². The Labute approximate surface area is 711 Å². The zero-order chi connectivity index (χ0) is 77.9. The molecule has 561 valence electrons. The molecule has 117 heavy (non-hydrogen) atoms. The fourth-order valence-corrected chi connectivity index (χ4v) is 21.6. The van der Waals surface area contributed by atoms with Crippen molar-refractivity contribution >= 4 is 97.4 Å². The summed E-state index contributed by atoms with van der Waals surface area (Å²) in [6, 6.07) is 144. The zero-order valence-electron chi connectivity index (χ0n) is 64.8. The molecule has 18 aromatic rings. The third kappa shape index (κ3) is 13.4. The Morgan fingerprint density at radius 3 is 0.966 bits per heavy atom. The van der Waals surface area contributed by atoms with E-state index in [1.807, 2.05) is 133 Å². The summed E-state index contributed by atoms with van der Waals surface area (Å²) in [6.45, 7) is 8.36. The van der Waals surface area contributed by atoms with Crippen molar-refractivity contribution < 1.29 is 51.1 Å². The van der Waals surface area contributed by atoms with E-state index >= 15 is 4.57 Å². The summed E-state index contributed by atoms with van der Waals surface area (Å²) in [7, 11) is -4.95. The van der Waals surface area contributed by atoms with Gasteiger partial charge in [0.1, 0.15) is 0 Å². The van der Waals surface area contributed by atoms with Gasteiger partial charge in [0, 0.05) is 81.3 Å². The summed E-state index contributed by atoms with van der Waals surface area (Å²) < 4.78 is 39.9. The van der Waals surface area contributed by atoms with Crippen molar-refractivity contribution in [2.45, 2.75) is 57.2 Å². The van der Waals surface area contributed by atoms with Crippen LogP contribution in [0.4, 0.5) is 0 Å². The molecular formula is C107H84BN2O4P2Y+. The number of pyridine rings is 2. The Balaban J connectivity index is 0.000000142. The second kappa shape index (κ2) is 32.1. The molecule has 0 bridgehead atoms. The molecule has 3 heterocycles. The van der Waals surface area contributed by atoms with Crippen molar-refractivity contribution in [3.63, 3.8) is 0 Å². The number of rotatable bonds is 12. The van der Waals surface area contributed by atoms with E-state index in [0.717, 1.165) is 92.5 Å². The molecule has 1 fully saturated rings. The van der Waals surface area contributed by atoms with Crippen molar-refractivity contribution in [2.75, 3.05) is 0 Å². The Bertz CT molecular complexity index is 6570. The summed E-state index contributed by atoms with van der Waals surface area (Å²) in [6.07, 6.45) is 0. The number of benzene rings is 16. The van der Waals surface area contributed by atoms with E-state index in [9.17, 15) is 4.57 Å². The van der Waals surface area contributed by atoms with Crippen molar-refractivity contribution in [1.82, 2.24) is 9.97 Å². The molecular weight excluding hydrogens is 1540 g/mol. The van der Waals surface area contributed by atoms with E-state index < -0.39 is 44.1 Å².